The molecule has 0 saturated carbocycles. The molecule has 3 heterocycles. The van der Waals surface area contributed by atoms with Gasteiger partial charge in [0.2, 0.25) is 0 Å². The molecule has 0 atom stereocenters. The maximum absolute atomic E-state index is 12.3. The van der Waals surface area contributed by atoms with E-state index < -0.39 is 12.1 Å². The van der Waals surface area contributed by atoms with Gasteiger partial charge in [0, 0.05) is 43.4 Å². The van der Waals surface area contributed by atoms with Gasteiger partial charge >= 0.3 is 12.1 Å². The van der Waals surface area contributed by atoms with Crippen molar-refractivity contribution in [2.45, 2.75) is 26.9 Å². The van der Waals surface area contributed by atoms with Crippen LogP contribution in [0.5, 0.6) is 0 Å². The van der Waals surface area contributed by atoms with Crippen molar-refractivity contribution in [3.05, 3.63) is 53.7 Å². The summed E-state index contributed by atoms with van der Waals surface area (Å²) in [5.74, 6) is -2.06. The Balaban J connectivity index is 0.000000451. The minimum Gasteiger partial charge on any atom is -0.475 e. The molecule has 32 heavy (non-hydrogen) atoms. The number of hydrogen-bond donors (Lipinski definition) is 2. The summed E-state index contributed by atoms with van der Waals surface area (Å²) in [6, 6.07) is 5.71. The maximum Gasteiger partial charge on any atom is 0.490 e. The van der Waals surface area contributed by atoms with Crippen LogP contribution in [0.3, 0.4) is 0 Å². The van der Waals surface area contributed by atoms with Gasteiger partial charge in [-0.15, -0.1) is 0 Å². The second-order valence-corrected chi connectivity index (χ2v) is 6.81. The minimum absolute atomic E-state index is 0.0385. The zero-order valence-electron chi connectivity index (χ0n) is 17.9. The number of amides is 1. The van der Waals surface area contributed by atoms with E-state index >= 15 is 0 Å². The first kappa shape index (κ1) is 24.5. The number of carbonyl (C=O) groups excluding carboxylic acids is 1. The number of carbonyl (C=O) groups is 2. The van der Waals surface area contributed by atoms with E-state index in [1.165, 1.54) is 0 Å². The Morgan fingerprint density at radius 1 is 1.16 bits per heavy atom. The third-order valence-corrected chi connectivity index (χ3v) is 4.51. The number of aromatic amines is 1. The Bertz CT molecular complexity index is 1090. The first-order valence-electron chi connectivity index (χ1n) is 9.44. The lowest BCUT2D eigenvalue weighted by Crippen LogP contribution is -2.26. The number of halogens is 3. The van der Waals surface area contributed by atoms with E-state index in [2.05, 4.69) is 19.9 Å². The van der Waals surface area contributed by atoms with Crippen molar-refractivity contribution in [1.29, 1.82) is 0 Å². The average molecular weight is 449 g/mol. The summed E-state index contributed by atoms with van der Waals surface area (Å²) < 4.78 is 31.7. The molecule has 0 fully saturated rings. The predicted molar refractivity (Wildman–Crippen MR) is 111 cm³/mol. The summed E-state index contributed by atoms with van der Waals surface area (Å²) >= 11 is 0. The Morgan fingerprint density at radius 2 is 1.81 bits per heavy atom. The molecule has 2 N–H and O–H groups in total. The van der Waals surface area contributed by atoms with Crippen LogP contribution in [0.15, 0.2) is 36.8 Å². The third kappa shape index (κ3) is 6.13. The molecular formula is C21H22F3N5O3. The van der Waals surface area contributed by atoms with E-state index in [1.54, 1.807) is 30.5 Å². The first-order valence-corrected chi connectivity index (χ1v) is 9.44. The van der Waals surface area contributed by atoms with Crippen LogP contribution in [0.4, 0.5) is 13.2 Å². The second-order valence-electron chi connectivity index (χ2n) is 6.81. The Kier molecular flexibility index (Phi) is 7.68. The van der Waals surface area contributed by atoms with Crippen molar-refractivity contribution in [2.75, 3.05) is 13.6 Å². The van der Waals surface area contributed by atoms with E-state index in [0.29, 0.717) is 12.1 Å². The molecule has 0 aliphatic rings. The van der Waals surface area contributed by atoms with Crippen LogP contribution in [-0.4, -0.2) is 61.6 Å². The van der Waals surface area contributed by atoms with Gasteiger partial charge in [-0.2, -0.15) is 13.2 Å². The van der Waals surface area contributed by atoms with E-state index in [-0.39, 0.29) is 5.91 Å². The summed E-state index contributed by atoms with van der Waals surface area (Å²) in [6.07, 6.45) is 0.00430. The first-order chi connectivity index (χ1) is 14.9. The molecule has 0 bridgehead atoms. The van der Waals surface area contributed by atoms with Crippen LogP contribution in [0.1, 0.15) is 28.7 Å². The number of nitrogens with one attached hydrogen (secondary N) is 1. The Morgan fingerprint density at radius 3 is 2.34 bits per heavy atom. The number of hydrogen-bond acceptors (Lipinski definition) is 5. The van der Waals surface area contributed by atoms with Crippen molar-refractivity contribution in [3.8, 4) is 22.6 Å². The Labute approximate surface area is 182 Å². The van der Waals surface area contributed by atoms with Crippen molar-refractivity contribution < 1.29 is 27.9 Å². The standard InChI is InChI=1S/C19H21N5O.C2HF3O2/c1-5-24(4)19(25)16-8-15(10-20-11-16)14-6-7-21-17(9-14)18-22-12(2)13(3)23-18;3-2(4,5)1(6)7/h6-11H,5H2,1-4H3,(H,22,23);(H,6,7). The number of rotatable bonds is 4. The fraction of sp³-hybridized carbons (Fsp3) is 0.286. The highest BCUT2D eigenvalue weighted by molar-refractivity contribution is 5.95. The van der Waals surface area contributed by atoms with Gasteiger partial charge in [0.1, 0.15) is 5.69 Å². The molecule has 0 saturated heterocycles. The number of pyridine rings is 2. The number of aromatic nitrogens is 4. The summed E-state index contributed by atoms with van der Waals surface area (Å²) in [5.41, 5.74) is 5.14. The van der Waals surface area contributed by atoms with Crippen molar-refractivity contribution in [1.82, 2.24) is 24.8 Å². The van der Waals surface area contributed by atoms with Crippen LogP contribution in [0.2, 0.25) is 0 Å². The second kappa shape index (κ2) is 10.0. The number of aliphatic carboxylic acids is 1. The SMILES string of the molecule is CCN(C)C(=O)c1cncc(-c2ccnc(-c3nc(C)c(C)[nH]3)c2)c1.O=C(O)C(F)(F)F. The molecule has 0 aromatic carbocycles. The van der Waals surface area contributed by atoms with E-state index in [1.807, 2.05) is 39.0 Å². The normalized spacial score (nSPS) is 10.8. The van der Waals surface area contributed by atoms with E-state index in [4.69, 9.17) is 9.90 Å². The van der Waals surface area contributed by atoms with Crippen LogP contribution in [0.25, 0.3) is 22.6 Å². The number of alkyl halides is 3. The van der Waals surface area contributed by atoms with Gasteiger partial charge in [-0.05, 0) is 44.5 Å². The highest BCUT2D eigenvalue weighted by Gasteiger charge is 2.38. The lowest BCUT2D eigenvalue weighted by Gasteiger charge is -2.14. The van der Waals surface area contributed by atoms with E-state index in [0.717, 1.165) is 34.0 Å². The molecule has 1 amide bonds. The molecule has 0 aliphatic heterocycles. The van der Waals surface area contributed by atoms with Gasteiger partial charge in [-0.1, -0.05) is 0 Å². The molecular weight excluding hydrogens is 427 g/mol. The fourth-order valence-corrected chi connectivity index (χ4v) is 2.49. The molecule has 170 valence electrons. The summed E-state index contributed by atoms with van der Waals surface area (Å²) in [4.78, 5) is 39.3. The van der Waals surface area contributed by atoms with Gasteiger partial charge < -0.3 is 15.0 Å². The van der Waals surface area contributed by atoms with Crippen molar-refractivity contribution >= 4 is 11.9 Å². The zero-order valence-corrected chi connectivity index (χ0v) is 17.9. The quantitative estimate of drug-likeness (QED) is 0.625. The lowest BCUT2D eigenvalue weighted by molar-refractivity contribution is -0.192. The third-order valence-electron chi connectivity index (χ3n) is 4.51. The van der Waals surface area contributed by atoms with Gasteiger partial charge in [-0.3, -0.25) is 14.8 Å². The fourth-order valence-electron chi connectivity index (χ4n) is 2.49. The summed E-state index contributed by atoms with van der Waals surface area (Å²) in [5, 5.41) is 7.12. The van der Waals surface area contributed by atoms with Crippen LogP contribution < -0.4 is 0 Å². The number of carboxylic acids is 1. The highest BCUT2D eigenvalue weighted by atomic mass is 19.4. The molecule has 3 aromatic rings. The van der Waals surface area contributed by atoms with Crippen molar-refractivity contribution in [3.63, 3.8) is 0 Å². The van der Waals surface area contributed by atoms with Gasteiger partial charge in [-0.25, -0.2) is 9.78 Å². The summed E-state index contributed by atoms with van der Waals surface area (Å²) in [7, 11) is 1.78. The topological polar surface area (TPSA) is 112 Å². The predicted octanol–water partition coefficient (Wildman–Crippen LogP) is 3.88. The smallest absolute Gasteiger partial charge is 0.475 e. The zero-order chi connectivity index (χ0) is 24.1. The Hall–Kier alpha value is -3.76. The molecule has 8 nitrogen and oxygen atoms in total. The van der Waals surface area contributed by atoms with Crippen LogP contribution >= 0.6 is 0 Å². The summed E-state index contributed by atoms with van der Waals surface area (Å²) in [6.45, 7) is 6.54. The number of carboxylic acid groups (broad SMARTS) is 1. The largest absolute Gasteiger partial charge is 0.490 e. The number of H-pyrrole nitrogens is 1. The van der Waals surface area contributed by atoms with E-state index in [9.17, 15) is 18.0 Å². The molecule has 0 aliphatic carbocycles. The monoisotopic (exact) mass is 449 g/mol. The number of nitrogens with zero attached hydrogens (tertiary/aromatic N) is 4. The van der Waals surface area contributed by atoms with Gasteiger partial charge in [0.15, 0.2) is 5.82 Å². The molecule has 3 rings (SSSR count). The molecule has 3 aromatic heterocycles. The average Bonchev–Trinajstić information content (AvgIpc) is 3.11. The van der Waals surface area contributed by atoms with Crippen LogP contribution in [0, 0.1) is 13.8 Å². The maximum atomic E-state index is 12.3. The van der Waals surface area contributed by atoms with Gasteiger partial charge in [0.25, 0.3) is 5.91 Å². The van der Waals surface area contributed by atoms with Crippen LogP contribution in [-0.2, 0) is 4.79 Å². The molecule has 0 radical (unpaired) electrons. The highest BCUT2D eigenvalue weighted by Crippen LogP contribution is 2.24. The number of aryl methyl sites for hydroxylation is 2. The molecule has 11 heteroatoms. The minimum atomic E-state index is -5.08. The van der Waals surface area contributed by atoms with Gasteiger partial charge in [0.05, 0.1) is 11.3 Å². The molecule has 0 unspecified atom stereocenters. The van der Waals surface area contributed by atoms with Crippen molar-refractivity contribution in [2.24, 2.45) is 0 Å². The lowest BCUT2D eigenvalue weighted by atomic mass is 10.1. The molecule has 0 spiro atoms. The number of imidazole rings is 1.